The van der Waals surface area contributed by atoms with Crippen molar-refractivity contribution >= 4 is 17.6 Å². The molecule has 1 aliphatic carbocycles. The third-order valence-corrected chi connectivity index (χ3v) is 3.87. The number of rotatable bonds is 3. The van der Waals surface area contributed by atoms with Crippen molar-refractivity contribution in [1.29, 1.82) is 0 Å². The number of amides is 1. The van der Waals surface area contributed by atoms with Crippen molar-refractivity contribution in [3.05, 3.63) is 28.7 Å². The Kier molecular flexibility index (Phi) is 4.22. The molecule has 108 valence electrons. The van der Waals surface area contributed by atoms with E-state index in [1.54, 1.807) is 0 Å². The summed E-state index contributed by atoms with van der Waals surface area (Å²) in [6.45, 7) is 0. The highest BCUT2D eigenvalue weighted by Gasteiger charge is 2.46. The lowest BCUT2D eigenvalue weighted by Crippen LogP contribution is -2.43. The second-order valence-electron chi connectivity index (χ2n) is 5.18. The highest BCUT2D eigenvalue weighted by atomic mass is 16.4. The minimum atomic E-state index is -1.42. The molecule has 1 fully saturated rings. The van der Waals surface area contributed by atoms with E-state index in [1.807, 2.05) is 0 Å². The van der Waals surface area contributed by atoms with Crippen LogP contribution in [0.1, 0.15) is 38.5 Å². The molecule has 0 atom stereocenters. The summed E-state index contributed by atoms with van der Waals surface area (Å²) in [5.74, 6) is -1.70. The maximum Gasteiger partial charge on any atom is 0.319 e. The van der Waals surface area contributed by atoms with Gasteiger partial charge >= 0.3 is 5.97 Å². The van der Waals surface area contributed by atoms with E-state index < -0.39 is 17.3 Å². The van der Waals surface area contributed by atoms with Gasteiger partial charge in [0.05, 0.1) is 0 Å². The molecule has 0 aromatic carbocycles. The van der Waals surface area contributed by atoms with Crippen LogP contribution in [0.5, 0.6) is 0 Å². The Labute approximate surface area is 116 Å². The highest BCUT2D eigenvalue weighted by Crippen LogP contribution is 2.36. The first kappa shape index (κ1) is 14.3. The molecule has 1 saturated carbocycles. The number of H-pyrrole nitrogens is 1. The van der Waals surface area contributed by atoms with Gasteiger partial charge in [0.1, 0.15) is 11.1 Å². The predicted octanol–water partition coefficient (Wildman–Crippen LogP) is 1.74. The number of nitrogens with one attached hydrogen (secondary N) is 2. The van der Waals surface area contributed by atoms with Gasteiger partial charge in [0.2, 0.25) is 11.3 Å². The average Bonchev–Trinajstić information content (AvgIpc) is 2.68. The summed E-state index contributed by atoms with van der Waals surface area (Å²) in [7, 11) is 0. The SMILES string of the molecule is O=C(O)C1(C(=O)Nc2c[nH]ccc2=O)CCCCCC1. The molecule has 0 unspecified atom stereocenters. The number of carboxylic acid groups (broad SMARTS) is 1. The van der Waals surface area contributed by atoms with Gasteiger partial charge in [-0.05, 0) is 12.8 Å². The number of aliphatic carboxylic acids is 1. The topological polar surface area (TPSA) is 99.3 Å². The first-order valence-electron chi connectivity index (χ1n) is 6.78. The number of aromatic amines is 1. The standard InChI is InChI=1S/C14H18N2O4/c17-11-5-8-15-9-10(11)16-12(18)14(13(19)20)6-3-1-2-4-7-14/h5,8-9H,1-4,6-7H2,(H,15,17)(H,16,18)(H,19,20). The Hall–Kier alpha value is -2.11. The fourth-order valence-electron chi connectivity index (χ4n) is 2.63. The van der Waals surface area contributed by atoms with Crippen LogP contribution >= 0.6 is 0 Å². The van der Waals surface area contributed by atoms with Gasteiger partial charge in [0, 0.05) is 18.5 Å². The minimum Gasteiger partial charge on any atom is -0.480 e. The number of hydrogen-bond acceptors (Lipinski definition) is 3. The van der Waals surface area contributed by atoms with E-state index in [1.165, 1.54) is 18.5 Å². The second kappa shape index (κ2) is 5.90. The summed E-state index contributed by atoms with van der Waals surface area (Å²) in [5, 5.41) is 12.0. The first-order chi connectivity index (χ1) is 9.56. The zero-order chi connectivity index (χ0) is 14.6. The van der Waals surface area contributed by atoms with Crippen LogP contribution in [-0.2, 0) is 9.59 Å². The van der Waals surface area contributed by atoms with Crippen LogP contribution in [0.2, 0.25) is 0 Å². The van der Waals surface area contributed by atoms with Gasteiger partial charge < -0.3 is 15.4 Å². The van der Waals surface area contributed by atoms with Crippen LogP contribution in [0.3, 0.4) is 0 Å². The van der Waals surface area contributed by atoms with E-state index in [-0.39, 0.29) is 11.1 Å². The van der Waals surface area contributed by atoms with Gasteiger partial charge in [0.25, 0.3) is 0 Å². The molecule has 1 aromatic rings. The number of aromatic nitrogens is 1. The molecule has 1 aliphatic rings. The molecule has 6 heteroatoms. The largest absolute Gasteiger partial charge is 0.480 e. The van der Waals surface area contributed by atoms with Crippen LogP contribution in [0, 0.1) is 5.41 Å². The zero-order valence-electron chi connectivity index (χ0n) is 11.1. The molecule has 0 aliphatic heterocycles. The summed E-state index contributed by atoms with van der Waals surface area (Å²) < 4.78 is 0. The van der Waals surface area contributed by atoms with Gasteiger partial charge in [0.15, 0.2) is 0 Å². The van der Waals surface area contributed by atoms with E-state index in [4.69, 9.17) is 0 Å². The number of carboxylic acids is 1. The lowest BCUT2D eigenvalue weighted by molar-refractivity contribution is -0.155. The Morgan fingerprint density at radius 3 is 2.40 bits per heavy atom. The van der Waals surface area contributed by atoms with Gasteiger partial charge in [-0.3, -0.25) is 14.4 Å². The summed E-state index contributed by atoms with van der Waals surface area (Å²) >= 11 is 0. The van der Waals surface area contributed by atoms with Gasteiger partial charge in [-0.15, -0.1) is 0 Å². The first-order valence-corrected chi connectivity index (χ1v) is 6.78. The van der Waals surface area contributed by atoms with Crippen molar-refractivity contribution in [2.75, 3.05) is 5.32 Å². The predicted molar refractivity (Wildman–Crippen MR) is 73.5 cm³/mol. The third-order valence-electron chi connectivity index (χ3n) is 3.87. The van der Waals surface area contributed by atoms with Crippen LogP contribution in [0.4, 0.5) is 5.69 Å². The fraction of sp³-hybridized carbons (Fsp3) is 0.500. The molecule has 0 saturated heterocycles. The second-order valence-corrected chi connectivity index (χ2v) is 5.18. The van der Waals surface area contributed by atoms with Gasteiger partial charge in [-0.2, -0.15) is 0 Å². The van der Waals surface area contributed by atoms with E-state index in [0.717, 1.165) is 12.8 Å². The van der Waals surface area contributed by atoms with Crippen molar-refractivity contribution < 1.29 is 14.7 Å². The van der Waals surface area contributed by atoms with Crippen LogP contribution < -0.4 is 10.7 Å². The van der Waals surface area contributed by atoms with Crippen molar-refractivity contribution in [2.45, 2.75) is 38.5 Å². The summed E-state index contributed by atoms with van der Waals surface area (Å²) in [6.07, 6.45) is 6.76. The van der Waals surface area contributed by atoms with Crippen molar-refractivity contribution in [2.24, 2.45) is 5.41 Å². The Morgan fingerprint density at radius 1 is 1.20 bits per heavy atom. The van der Waals surface area contributed by atoms with Crippen molar-refractivity contribution in [1.82, 2.24) is 4.98 Å². The summed E-state index contributed by atoms with van der Waals surface area (Å²) in [6, 6.07) is 1.29. The fourth-order valence-corrected chi connectivity index (χ4v) is 2.63. The van der Waals surface area contributed by atoms with Crippen LogP contribution in [0.15, 0.2) is 23.3 Å². The highest BCUT2D eigenvalue weighted by molar-refractivity contribution is 6.08. The molecule has 2 rings (SSSR count). The monoisotopic (exact) mass is 278 g/mol. The summed E-state index contributed by atoms with van der Waals surface area (Å²) in [4.78, 5) is 38.3. The lowest BCUT2D eigenvalue weighted by Gasteiger charge is -2.26. The van der Waals surface area contributed by atoms with Crippen LogP contribution in [-0.4, -0.2) is 22.0 Å². The van der Waals surface area contributed by atoms with Crippen LogP contribution in [0.25, 0.3) is 0 Å². The zero-order valence-corrected chi connectivity index (χ0v) is 11.1. The maximum absolute atomic E-state index is 12.4. The van der Waals surface area contributed by atoms with E-state index in [2.05, 4.69) is 10.3 Å². The molecule has 1 aromatic heterocycles. The Morgan fingerprint density at radius 2 is 1.85 bits per heavy atom. The van der Waals surface area contributed by atoms with E-state index in [9.17, 15) is 19.5 Å². The molecule has 0 spiro atoms. The molecule has 0 bridgehead atoms. The average molecular weight is 278 g/mol. The smallest absolute Gasteiger partial charge is 0.319 e. The number of anilines is 1. The molecular weight excluding hydrogens is 260 g/mol. The molecule has 3 N–H and O–H groups in total. The molecular formula is C14H18N2O4. The molecule has 1 amide bonds. The molecule has 1 heterocycles. The van der Waals surface area contributed by atoms with Gasteiger partial charge in [-0.25, -0.2) is 0 Å². The normalized spacial score (nSPS) is 18.0. The van der Waals surface area contributed by atoms with Crippen molar-refractivity contribution in [3.63, 3.8) is 0 Å². The quantitative estimate of drug-likeness (QED) is 0.579. The molecule has 20 heavy (non-hydrogen) atoms. The van der Waals surface area contributed by atoms with E-state index in [0.29, 0.717) is 25.7 Å². The van der Waals surface area contributed by atoms with Gasteiger partial charge in [-0.1, -0.05) is 25.7 Å². The number of carbonyl (C=O) groups excluding carboxylic acids is 1. The third kappa shape index (κ3) is 2.74. The summed E-state index contributed by atoms with van der Waals surface area (Å²) in [5.41, 5.74) is -1.67. The molecule has 6 nitrogen and oxygen atoms in total. The lowest BCUT2D eigenvalue weighted by atomic mass is 9.79. The van der Waals surface area contributed by atoms with E-state index >= 15 is 0 Å². The van der Waals surface area contributed by atoms with Crippen molar-refractivity contribution in [3.8, 4) is 0 Å². The number of pyridine rings is 1. The number of hydrogen-bond donors (Lipinski definition) is 3. The Bertz CT molecular complexity index is 556. The Balaban J connectivity index is 2.26. The maximum atomic E-state index is 12.4. The molecule has 0 radical (unpaired) electrons. The number of carbonyl (C=O) groups is 2. The minimum absolute atomic E-state index is 0.0855.